The average molecular weight is 366 g/mol. The SMILES string of the molecule is CC(C)C(NC(=O)CN1CCN(Cc2ccccc2)CC1)c1ccccc1. The Labute approximate surface area is 163 Å². The number of hydrogen-bond acceptors (Lipinski definition) is 3. The van der Waals surface area contributed by atoms with Gasteiger partial charge in [-0.05, 0) is 17.0 Å². The van der Waals surface area contributed by atoms with Gasteiger partial charge in [-0.15, -0.1) is 0 Å². The molecule has 0 spiro atoms. The van der Waals surface area contributed by atoms with Gasteiger partial charge in [0, 0.05) is 32.7 Å². The zero-order valence-corrected chi connectivity index (χ0v) is 16.5. The van der Waals surface area contributed by atoms with Crippen LogP contribution in [0.15, 0.2) is 60.7 Å². The molecular weight excluding hydrogens is 334 g/mol. The lowest BCUT2D eigenvalue weighted by molar-refractivity contribution is -0.123. The van der Waals surface area contributed by atoms with Crippen LogP contribution in [0.5, 0.6) is 0 Å². The summed E-state index contributed by atoms with van der Waals surface area (Å²) in [6.07, 6.45) is 0. The smallest absolute Gasteiger partial charge is 0.234 e. The second kappa shape index (κ2) is 9.67. The molecule has 2 aromatic rings. The largest absolute Gasteiger partial charge is 0.348 e. The van der Waals surface area contributed by atoms with Crippen LogP contribution in [-0.4, -0.2) is 48.4 Å². The maximum Gasteiger partial charge on any atom is 0.234 e. The van der Waals surface area contributed by atoms with E-state index in [-0.39, 0.29) is 11.9 Å². The molecule has 1 saturated heterocycles. The minimum Gasteiger partial charge on any atom is -0.348 e. The third kappa shape index (κ3) is 5.91. The summed E-state index contributed by atoms with van der Waals surface area (Å²) in [6, 6.07) is 20.9. The predicted octanol–water partition coefficient (Wildman–Crippen LogP) is 3.32. The summed E-state index contributed by atoms with van der Waals surface area (Å²) < 4.78 is 0. The standard InChI is InChI=1S/C23H31N3O/c1-19(2)23(21-11-7-4-8-12-21)24-22(27)18-26-15-13-25(14-16-26)17-20-9-5-3-6-10-20/h3-12,19,23H,13-18H2,1-2H3,(H,24,27). The van der Waals surface area contributed by atoms with E-state index in [9.17, 15) is 4.79 Å². The first-order valence-corrected chi connectivity index (χ1v) is 9.95. The predicted molar refractivity (Wildman–Crippen MR) is 110 cm³/mol. The Kier molecular flexibility index (Phi) is 7.02. The van der Waals surface area contributed by atoms with Crippen LogP contribution in [0.4, 0.5) is 0 Å². The van der Waals surface area contributed by atoms with Gasteiger partial charge in [0.05, 0.1) is 12.6 Å². The Hall–Kier alpha value is -2.17. The third-order valence-electron chi connectivity index (χ3n) is 5.22. The number of nitrogens with one attached hydrogen (secondary N) is 1. The Morgan fingerprint density at radius 1 is 0.889 bits per heavy atom. The first kappa shape index (κ1) is 19.6. The number of piperazine rings is 1. The van der Waals surface area contributed by atoms with Crippen LogP contribution in [0, 0.1) is 5.92 Å². The molecule has 1 fully saturated rings. The van der Waals surface area contributed by atoms with Crippen molar-refractivity contribution < 1.29 is 4.79 Å². The zero-order valence-electron chi connectivity index (χ0n) is 16.5. The number of nitrogens with zero attached hydrogens (tertiary/aromatic N) is 2. The number of amides is 1. The number of carbonyl (C=O) groups excluding carboxylic acids is 1. The van der Waals surface area contributed by atoms with E-state index in [4.69, 9.17) is 0 Å². The number of benzene rings is 2. The van der Waals surface area contributed by atoms with Gasteiger partial charge >= 0.3 is 0 Å². The van der Waals surface area contributed by atoms with E-state index in [0.29, 0.717) is 12.5 Å². The van der Waals surface area contributed by atoms with Crippen molar-refractivity contribution in [1.82, 2.24) is 15.1 Å². The molecule has 4 heteroatoms. The van der Waals surface area contributed by atoms with Gasteiger partial charge in [0.15, 0.2) is 0 Å². The summed E-state index contributed by atoms with van der Waals surface area (Å²) in [7, 11) is 0. The van der Waals surface area contributed by atoms with Crippen LogP contribution in [0.1, 0.15) is 31.0 Å². The van der Waals surface area contributed by atoms with Gasteiger partial charge in [-0.2, -0.15) is 0 Å². The Bertz CT molecular complexity index is 694. The van der Waals surface area contributed by atoms with E-state index in [0.717, 1.165) is 32.7 Å². The van der Waals surface area contributed by atoms with Crippen molar-refractivity contribution >= 4 is 5.91 Å². The van der Waals surface area contributed by atoms with E-state index in [2.05, 4.69) is 71.4 Å². The average Bonchev–Trinajstić information content (AvgIpc) is 2.69. The van der Waals surface area contributed by atoms with Gasteiger partial charge in [-0.1, -0.05) is 74.5 Å². The number of hydrogen-bond donors (Lipinski definition) is 1. The highest BCUT2D eigenvalue weighted by Gasteiger charge is 2.22. The minimum absolute atomic E-state index is 0.0677. The van der Waals surface area contributed by atoms with Gasteiger partial charge in [-0.25, -0.2) is 0 Å². The Morgan fingerprint density at radius 3 is 2.04 bits per heavy atom. The first-order valence-electron chi connectivity index (χ1n) is 9.95. The summed E-state index contributed by atoms with van der Waals surface area (Å²) >= 11 is 0. The van der Waals surface area contributed by atoms with E-state index in [1.807, 2.05) is 18.2 Å². The van der Waals surface area contributed by atoms with Crippen molar-refractivity contribution in [2.45, 2.75) is 26.4 Å². The molecule has 1 amide bonds. The molecule has 0 radical (unpaired) electrons. The van der Waals surface area contributed by atoms with E-state index in [1.165, 1.54) is 11.1 Å². The topological polar surface area (TPSA) is 35.6 Å². The molecule has 4 nitrogen and oxygen atoms in total. The molecule has 1 heterocycles. The summed E-state index contributed by atoms with van der Waals surface area (Å²) in [5, 5.41) is 3.24. The van der Waals surface area contributed by atoms with Crippen LogP contribution in [-0.2, 0) is 11.3 Å². The van der Waals surface area contributed by atoms with E-state index < -0.39 is 0 Å². The molecule has 1 N–H and O–H groups in total. The molecule has 144 valence electrons. The molecule has 1 aliphatic rings. The maximum absolute atomic E-state index is 12.6. The normalized spacial score (nSPS) is 17.0. The van der Waals surface area contributed by atoms with Gasteiger partial charge in [0.25, 0.3) is 0 Å². The van der Waals surface area contributed by atoms with Crippen LogP contribution in [0.2, 0.25) is 0 Å². The molecule has 1 aliphatic heterocycles. The fourth-order valence-corrected chi connectivity index (χ4v) is 3.66. The third-order valence-corrected chi connectivity index (χ3v) is 5.22. The van der Waals surface area contributed by atoms with Crippen molar-refractivity contribution in [2.75, 3.05) is 32.7 Å². The van der Waals surface area contributed by atoms with E-state index >= 15 is 0 Å². The lowest BCUT2D eigenvalue weighted by Gasteiger charge is -2.34. The zero-order chi connectivity index (χ0) is 19.1. The van der Waals surface area contributed by atoms with Gasteiger partial charge in [-0.3, -0.25) is 14.6 Å². The van der Waals surface area contributed by atoms with Crippen LogP contribution >= 0.6 is 0 Å². The highest BCUT2D eigenvalue weighted by atomic mass is 16.2. The number of carbonyl (C=O) groups is 1. The molecule has 27 heavy (non-hydrogen) atoms. The van der Waals surface area contributed by atoms with Crippen molar-refractivity contribution in [3.05, 3.63) is 71.8 Å². The Morgan fingerprint density at radius 2 is 1.44 bits per heavy atom. The number of rotatable bonds is 7. The lowest BCUT2D eigenvalue weighted by atomic mass is 9.96. The van der Waals surface area contributed by atoms with Crippen LogP contribution in [0.3, 0.4) is 0 Å². The fraction of sp³-hybridized carbons (Fsp3) is 0.435. The molecule has 0 aliphatic carbocycles. The lowest BCUT2D eigenvalue weighted by Crippen LogP contribution is -2.49. The molecule has 3 rings (SSSR count). The summed E-state index contributed by atoms with van der Waals surface area (Å²) in [4.78, 5) is 17.3. The quantitative estimate of drug-likeness (QED) is 0.818. The summed E-state index contributed by atoms with van der Waals surface area (Å²) in [6.45, 7) is 9.68. The van der Waals surface area contributed by atoms with Crippen molar-refractivity contribution in [3.63, 3.8) is 0 Å². The Balaban J connectivity index is 1.46. The monoisotopic (exact) mass is 365 g/mol. The molecule has 2 aromatic carbocycles. The second-order valence-corrected chi connectivity index (χ2v) is 7.74. The minimum atomic E-state index is 0.0677. The van der Waals surface area contributed by atoms with E-state index in [1.54, 1.807) is 0 Å². The van der Waals surface area contributed by atoms with Crippen LogP contribution in [0.25, 0.3) is 0 Å². The maximum atomic E-state index is 12.6. The molecule has 0 aromatic heterocycles. The van der Waals surface area contributed by atoms with Crippen molar-refractivity contribution in [1.29, 1.82) is 0 Å². The second-order valence-electron chi connectivity index (χ2n) is 7.74. The fourth-order valence-electron chi connectivity index (χ4n) is 3.66. The van der Waals surface area contributed by atoms with Gasteiger partial charge < -0.3 is 5.32 Å². The highest BCUT2D eigenvalue weighted by Crippen LogP contribution is 2.21. The van der Waals surface area contributed by atoms with Crippen molar-refractivity contribution in [2.24, 2.45) is 5.92 Å². The summed E-state index contributed by atoms with van der Waals surface area (Å²) in [5.74, 6) is 0.480. The van der Waals surface area contributed by atoms with Crippen molar-refractivity contribution in [3.8, 4) is 0 Å². The van der Waals surface area contributed by atoms with Gasteiger partial charge in [0.1, 0.15) is 0 Å². The molecule has 1 atom stereocenters. The van der Waals surface area contributed by atoms with Gasteiger partial charge in [0.2, 0.25) is 5.91 Å². The summed E-state index contributed by atoms with van der Waals surface area (Å²) in [5.41, 5.74) is 2.53. The first-order chi connectivity index (χ1) is 13.1. The van der Waals surface area contributed by atoms with Crippen LogP contribution < -0.4 is 5.32 Å². The molecule has 0 bridgehead atoms. The molecular formula is C23H31N3O. The molecule has 1 unspecified atom stereocenters. The molecule has 0 saturated carbocycles. The highest BCUT2D eigenvalue weighted by molar-refractivity contribution is 5.78.